The molecule has 0 aromatic heterocycles. The summed E-state index contributed by atoms with van der Waals surface area (Å²) in [5, 5.41) is 12.3. The van der Waals surface area contributed by atoms with Crippen molar-refractivity contribution in [3.05, 3.63) is 64.4 Å². The summed E-state index contributed by atoms with van der Waals surface area (Å²) < 4.78 is 16.0. The van der Waals surface area contributed by atoms with E-state index < -0.39 is 5.97 Å². The number of methoxy groups -OCH3 is 3. The standard InChI is InChI=1S/C18H19NO5/c1-22-15-9-14(17(18(20)24-3)16(10-15)23-2)12-19(21)11-13-7-5-4-6-8-13/h4-10,12H,11H2,1-3H3. The highest BCUT2D eigenvalue weighted by molar-refractivity contribution is 6.01. The van der Waals surface area contributed by atoms with Crippen molar-refractivity contribution in [3.63, 3.8) is 0 Å². The fourth-order valence-electron chi connectivity index (χ4n) is 2.28. The molecule has 2 aromatic carbocycles. The number of carbonyl (C=O) groups is 1. The van der Waals surface area contributed by atoms with E-state index in [1.165, 1.54) is 27.5 Å². The van der Waals surface area contributed by atoms with Gasteiger partial charge < -0.3 is 19.4 Å². The van der Waals surface area contributed by atoms with E-state index in [1.807, 2.05) is 30.3 Å². The first-order valence-corrected chi connectivity index (χ1v) is 7.26. The predicted octanol–water partition coefficient (Wildman–Crippen LogP) is 2.62. The molecule has 0 aliphatic carbocycles. The van der Waals surface area contributed by atoms with E-state index in [0.29, 0.717) is 11.3 Å². The van der Waals surface area contributed by atoms with Crippen molar-refractivity contribution >= 4 is 12.2 Å². The Balaban J connectivity index is 2.46. The molecule has 0 N–H and O–H groups in total. The molecule has 0 bridgehead atoms. The van der Waals surface area contributed by atoms with E-state index in [1.54, 1.807) is 12.1 Å². The van der Waals surface area contributed by atoms with Gasteiger partial charge in [-0.05, 0) is 6.07 Å². The summed E-state index contributed by atoms with van der Waals surface area (Å²) in [7, 11) is 4.20. The van der Waals surface area contributed by atoms with Crippen LogP contribution in [-0.4, -0.2) is 38.3 Å². The van der Waals surface area contributed by atoms with Gasteiger partial charge in [0.15, 0.2) is 12.8 Å². The Bertz CT molecular complexity index is 741. The third kappa shape index (κ3) is 4.04. The maximum absolute atomic E-state index is 12.3. The Morgan fingerprint density at radius 1 is 1.12 bits per heavy atom. The fraction of sp³-hybridized carbons (Fsp3) is 0.222. The van der Waals surface area contributed by atoms with Gasteiger partial charge in [-0.3, -0.25) is 0 Å². The molecule has 0 heterocycles. The molecule has 2 rings (SSSR count). The van der Waals surface area contributed by atoms with Crippen molar-refractivity contribution in [3.8, 4) is 11.5 Å². The second-order valence-electron chi connectivity index (χ2n) is 4.98. The Hall–Kier alpha value is -3.02. The summed E-state index contributed by atoms with van der Waals surface area (Å²) in [6.45, 7) is 0.154. The summed E-state index contributed by atoms with van der Waals surface area (Å²) in [5.41, 5.74) is 1.40. The maximum atomic E-state index is 12.3. The van der Waals surface area contributed by atoms with Gasteiger partial charge in [0.05, 0.1) is 26.9 Å². The Morgan fingerprint density at radius 2 is 1.83 bits per heavy atom. The van der Waals surface area contributed by atoms with Gasteiger partial charge in [0.25, 0.3) is 0 Å². The molecule has 126 valence electrons. The number of ether oxygens (including phenoxy) is 3. The van der Waals surface area contributed by atoms with Gasteiger partial charge in [-0.2, -0.15) is 0 Å². The minimum absolute atomic E-state index is 0.154. The molecule has 0 radical (unpaired) electrons. The van der Waals surface area contributed by atoms with Gasteiger partial charge >= 0.3 is 5.97 Å². The number of hydrogen-bond acceptors (Lipinski definition) is 5. The molecule has 0 saturated carbocycles. The van der Waals surface area contributed by atoms with E-state index in [0.717, 1.165) is 10.3 Å². The first-order chi connectivity index (χ1) is 11.6. The van der Waals surface area contributed by atoms with E-state index >= 15 is 0 Å². The predicted molar refractivity (Wildman–Crippen MR) is 89.8 cm³/mol. The molecule has 0 fully saturated rings. The lowest BCUT2D eigenvalue weighted by molar-refractivity contribution is -0.469. The van der Waals surface area contributed by atoms with Crippen molar-refractivity contribution in [2.24, 2.45) is 0 Å². The normalized spacial score (nSPS) is 11.0. The molecule has 0 aliphatic heterocycles. The van der Waals surface area contributed by atoms with Crippen molar-refractivity contribution in [1.29, 1.82) is 0 Å². The molecule has 0 aliphatic rings. The SMILES string of the molecule is COC(=O)c1c(C=[N+]([O-])Cc2ccccc2)cc(OC)cc1OC. The third-order valence-electron chi connectivity index (χ3n) is 3.42. The van der Waals surface area contributed by atoms with E-state index in [-0.39, 0.29) is 17.9 Å². The number of benzene rings is 2. The highest BCUT2D eigenvalue weighted by atomic mass is 16.5. The Labute approximate surface area is 140 Å². The molecule has 2 aromatic rings. The molecule has 0 amide bonds. The van der Waals surface area contributed by atoms with Gasteiger partial charge in [-0.1, -0.05) is 30.3 Å². The van der Waals surface area contributed by atoms with E-state index in [4.69, 9.17) is 14.2 Å². The van der Waals surface area contributed by atoms with Crippen LogP contribution in [0, 0.1) is 5.21 Å². The zero-order valence-electron chi connectivity index (χ0n) is 13.8. The minimum atomic E-state index is -0.589. The van der Waals surface area contributed by atoms with Crippen LogP contribution in [0.2, 0.25) is 0 Å². The van der Waals surface area contributed by atoms with Crippen LogP contribution in [0.15, 0.2) is 42.5 Å². The summed E-state index contributed by atoms with van der Waals surface area (Å²) >= 11 is 0. The number of hydroxylamine groups is 1. The zero-order valence-corrected chi connectivity index (χ0v) is 13.8. The molecule has 6 nitrogen and oxygen atoms in total. The number of nitrogens with zero attached hydrogens (tertiary/aromatic N) is 1. The summed E-state index contributed by atoms with van der Waals surface area (Å²) in [5.74, 6) is 0.160. The van der Waals surface area contributed by atoms with Crippen LogP contribution in [-0.2, 0) is 11.3 Å². The average Bonchev–Trinajstić information content (AvgIpc) is 2.61. The second kappa shape index (κ2) is 8.01. The average molecular weight is 329 g/mol. The largest absolute Gasteiger partial charge is 0.624 e. The molecule has 0 spiro atoms. The third-order valence-corrected chi connectivity index (χ3v) is 3.42. The van der Waals surface area contributed by atoms with Crippen molar-refractivity contribution in [2.45, 2.75) is 6.54 Å². The number of rotatable bonds is 6. The quantitative estimate of drug-likeness (QED) is 0.268. The highest BCUT2D eigenvalue weighted by Crippen LogP contribution is 2.28. The Kier molecular flexibility index (Phi) is 5.78. The Morgan fingerprint density at radius 3 is 2.42 bits per heavy atom. The molecule has 6 heteroatoms. The fourth-order valence-corrected chi connectivity index (χ4v) is 2.28. The number of esters is 1. The van der Waals surface area contributed by atoms with Gasteiger partial charge in [-0.25, -0.2) is 9.53 Å². The van der Waals surface area contributed by atoms with Gasteiger partial charge in [0, 0.05) is 11.6 Å². The molecule has 0 atom stereocenters. The summed E-state index contributed by atoms with van der Waals surface area (Å²) in [6, 6.07) is 12.5. The molecular formula is C18H19NO5. The number of hydrogen-bond donors (Lipinski definition) is 0. The molecular weight excluding hydrogens is 310 g/mol. The van der Waals surface area contributed by atoms with Crippen molar-refractivity contribution in [1.82, 2.24) is 0 Å². The van der Waals surface area contributed by atoms with E-state index in [9.17, 15) is 10.0 Å². The van der Waals surface area contributed by atoms with Gasteiger partial charge in [0.2, 0.25) is 0 Å². The van der Waals surface area contributed by atoms with Crippen LogP contribution in [0.3, 0.4) is 0 Å². The van der Waals surface area contributed by atoms with Crippen LogP contribution >= 0.6 is 0 Å². The smallest absolute Gasteiger partial charge is 0.342 e. The van der Waals surface area contributed by atoms with Gasteiger partial charge in [0.1, 0.15) is 17.1 Å². The topological polar surface area (TPSA) is 70.8 Å². The zero-order chi connectivity index (χ0) is 17.5. The minimum Gasteiger partial charge on any atom is -0.624 e. The maximum Gasteiger partial charge on any atom is 0.342 e. The monoisotopic (exact) mass is 329 g/mol. The van der Waals surface area contributed by atoms with Crippen molar-refractivity contribution in [2.75, 3.05) is 21.3 Å². The second-order valence-corrected chi connectivity index (χ2v) is 4.98. The van der Waals surface area contributed by atoms with Crippen LogP contribution in [0.4, 0.5) is 0 Å². The lowest BCUT2D eigenvalue weighted by atomic mass is 10.1. The molecule has 0 saturated heterocycles. The lowest BCUT2D eigenvalue weighted by Gasteiger charge is -2.12. The molecule has 0 unspecified atom stereocenters. The highest BCUT2D eigenvalue weighted by Gasteiger charge is 2.21. The van der Waals surface area contributed by atoms with Crippen molar-refractivity contribution < 1.29 is 23.7 Å². The first kappa shape index (κ1) is 17.3. The molecule has 24 heavy (non-hydrogen) atoms. The first-order valence-electron chi connectivity index (χ1n) is 7.26. The summed E-state index contributed by atoms with van der Waals surface area (Å²) in [4.78, 5) is 12.1. The van der Waals surface area contributed by atoms with Gasteiger partial charge in [-0.15, -0.1) is 0 Å². The van der Waals surface area contributed by atoms with Crippen LogP contribution in [0.5, 0.6) is 11.5 Å². The lowest BCUT2D eigenvalue weighted by Crippen LogP contribution is -2.12. The van der Waals surface area contributed by atoms with Crippen LogP contribution in [0.1, 0.15) is 21.5 Å². The number of carbonyl (C=O) groups excluding carboxylic acids is 1. The summed E-state index contributed by atoms with van der Waals surface area (Å²) in [6.07, 6.45) is 1.32. The van der Waals surface area contributed by atoms with Crippen LogP contribution < -0.4 is 9.47 Å². The van der Waals surface area contributed by atoms with E-state index in [2.05, 4.69) is 0 Å². The van der Waals surface area contributed by atoms with Crippen LogP contribution in [0.25, 0.3) is 0 Å².